The molecule has 0 unspecified atom stereocenters. The van der Waals surface area contributed by atoms with Crippen LogP contribution in [0.15, 0.2) is 18.2 Å². The van der Waals surface area contributed by atoms with E-state index < -0.39 is 0 Å². The number of rotatable bonds is 6. The highest BCUT2D eigenvalue weighted by molar-refractivity contribution is 5.87. The summed E-state index contributed by atoms with van der Waals surface area (Å²) >= 11 is 0. The molecule has 19 heavy (non-hydrogen) atoms. The number of imidazole rings is 1. The van der Waals surface area contributed by atoms with Crippen LogP contribution in [0, 0.1) is 0 Å². The number of fused-ring (bicyclic) bond motifs is 1. The van der Waals surface area contributed by atoms with Gasteiger partial charge in [0.05, 0.1) is 11.2 Å². The van der Waals surface area contributed by atoms with Gasteiger partial charge in [-0.15, -0.1) is 0 Å². The molecule has 0 saturated heterocycles. The number of ether oxygens (including phenoxy) is 1. The summed E-state index contributed by atoms with van der Waals surface area (Å²) in [7, 11) is 5.85. The van der Waals surface area contributed by atoms with Crippen molar-refractivity contribution in [1.82, 2.24) is 14.5 Å². The molecule has 5 heteroatoms. The molecular formula is C14H22N4O. The van der Waals surface area contributed by atoms with Gasteiger partial charge in [0, 0.05) is 13.7 Å². The first-order chi connectivity index (χ1) is 9.13. The Morgan fingerprint density at radius 1 is 1.37 bits per heavy atom. The van der Waals surface area contributed by atoms with Crippen LogP contribution >= 0.6 is 0 Å². The van der Waals surface area contributed by atoms with Crippen molar-refractivity contribution < 1.29 is 4.74 Å². The number of nitrogens with two attached hydrogens (primary N) is 1. The molecule has 0 bridgehead atoms. The number of aromatic nitrogens is 2. The van der Waals surface area contributed by atoms with E-state index in [1.54, 1.807) is 7.11 Å². The van der Waals surface area contributed by atoms with Gasteiger partial charge in [0.1, 0.15) is 17.9 Å². The van der Waals surface area contributed by atoms with E-state index in [0.29, 0.717) is 6.61 Å². The van der Waals surface area contributed by atoms with Gasteiger partial charge < -0.3 is 19.9 Å². The normalized spacial score (nSPS) is 11.6. The van der Waals surface area contributed by atoms with E-state index in [1.807, 2.05) is 12.1 Å². The zero-order valence-corrected chi connectivity index (χ0v) is 11.9. The highest BCUT2D eigenvalue weighted by atomic mass is 16.5. The van der Waals surface area contributed by atoms with E-state index >= 15 is 0 Å². The Hall–Kier alpha value is -1.59. The average Bonchev–Trinajstić information content (AvgIpc) is 2.70. The minimum atomic E-state index is 0.510. The number of nitrogen functional groups attached to an aromatic ring is 1. The maximum absolute atomic E-state index is 5.99. The molecule has 0 spiro atoms. The smallest absolute Gasteiger partial charge is 0.136 e. The van der Waals surface area contributed by atoms with Gasteiger partial charge >= 0.3 is 0 Å². The van der Waals surface area contributed by atoms with Crippen molar-refractivity contribution >= 4 is 16.7 Å². The fourth-order valence-electron chi connectivity index (χ4n) is 2.25. The molecule has 1 aromatic heterocycles. The van der Waals surface area contributed by atoms with Crippen LogP contribution in [-0.4, -0.2) is 42.2 Å². The zero-order chi connectivity index (χ0) is 13.8. The summed E-state index contributed by atoms with van der Waals surface area (Å²) in [5.74, 6) is 0.939. The number of benzene rings is 1. The Balaban J connectivity index is 2.32. The number of methoxy groups -OCH3 is 1. The van der Waals surface area contributed by atoms with Crippen molar-refractivity contribution in [1.29, 1.82) is 0 Å². The van der Waals surface area contributed by atoms with Gasteiger partial charge in [-0.3, -0.25) is 0 Å². The Bertz CT molecular complexity index is 548. The molecule has 0 aliphatic carbocycles. The molecule has 5 nitrogen and oxygen atoms in total. The van der Waals surface area contributed by atoms with Crippen molar-refractivity contribution in [2.45, 2.75) is 19.6 Å². The van der Waals surface area contributed by atoms with E-state index in [1.165, 1.54) is 0 Å². The van der Waals surface area contributed by atoms with Gasteiger partial charge in [0.25, 0.3) is 0 Å². The van der Waals surface area contributed by atoms with Gasteiger partial charge in [0.2, 0.25) is 0 Å². The number of para-hydroxylation sites is 1. The number of hydrogen-bond donors (Lipinski definition) is 1. The van der Waals surface area contributed by atoms with Gasteiger partial charge in [0.15, 0.2) is 0 Å². The Morgan fingerprint density at radius 3 is 2.84 bits per heavy atom. The van der Waals surface area contributed by atoms with Crippen LogP contribution < -0.4 is 5.73 Å². The fraction of sp³-hybridized carbons (Fsp3) is 0.500. The molecular weight excluding hydrogens is 240 g/mol. The monoisotopic (exact) mass is 262 g/mol. The van der Waals surface area contributed by atoms with Gasteiger partial charge in [-0.25, -0.2) is 4.98 Å². The minimum absolute atomic E-state index is 0.510. The van der Waals surface area contributed by atoms with Crippen molar-refractivity contribution in [3.8, 4) is 0 Å². The highest BCUT2D eigenvalue weighted by Crippen LogP contribution is 2.22. The number of anilines is 1. The molecule has 104 valence electrons. The van der Waals surface area contributed by atoms with Gasteiger partial charge in [-0.2, -0.15) is 0 Å². The van der Waals surface area contributed by atoms with Gasteiger partial charge in [-0.1, -0.05) is 6.07 Å². The number of nitrogens with zero attached hydrogens (tertiary/aromatic N) is 3. The van der Waals surface area contributed by atoms with E-state index in [2.05, 4.69) is 34.6 Å². The second-order valence-corrected chi connectivity index (χ2v) is 4.98. The topological polar surface area (TPSA) is 56.3 Å². The van der Waals surface area contributed by atoms with Crippen molar-refractivity contribution in [2.24, 2.45) is 0 Å². The van der Waals surface area contributed by atoms with E-state index in [-0.39, 0.29) is 0 Å². The van der Waals surface area contributed by atoms with Crippen LogP contribution in [0.25, 0.3) is 11.0 Å². The summed E-state index contributed by atoms with van der Waals surface area (Å²) in [5.41, 5.74) is 8.67. The standard InChI is InChI=1S/C14H22N4O/c1-17(2)8-5-9-18-12-7-4-6-11(15)14(12)16-13(18)10-19-3/h4,6-7H,5,8-10,15H2,1-3H3. The highest BCUT2D eigenvalue weighted by Gasteiger charge is 2.12. The predicted octanol–water partition coefficient (Wildman–Crippen LogP) is 1.72. The lowest BCUT2D eigenvalue weighted by Crippen LogP contribution is -2.16. The van der Waals surface area contributed by atoms with Crippen molar-refractivity contribution in [3.63, 3.8) is 0 Å². The first-order valence-electron chi connectivity index (χ1n) is 6.50. The number of aryl methyl sites for hydroxylation is 1. The molecule has 0 amide bonds. The molecule has 0 aliphatic rings. The lowest BCUT2D eigenvalue weighted by atomic mass is 10.2. The van der Waals surface area contributed by atoms with Crippen molar-refractivity contribution in [3.05, 3.63) is 24.0 Å². The summed E-state index contributed by atoms with van der Waals surface area (Å²) in [6.45, 7) is 2.49. The van der Waals surface area contributed by atoms with E-state index in [0.717, 1.165) is 42.1 Å². The average molecular weight is 262 g/mol. The molecule has 0 fully saturated rings. The fourth-order valence-corrected chi connectivity index (χ4v) is 2.25. The van der Waals surface area contributed by atoms with Gasteiger partial charge in [-0.05, 0) is 39.2 Å². The second-order valence-electron chi connectivity index (χ2n) is 4.98. The molecule has 1 heterocycles. The predicted molar refractivity (Wildman–Crippen MR) is 78.0 cm³/mol. The first-order valence-corrected chi connectivity index (χ1v) is 6.50. The van der Waals surface area contributed by atoms with Crippen LogP contribution in [0.2, 0.25) is 0 Å². The first kappa shape index (κ1) is 13.8. The summed E-state index contributed by atoms with van der Waals surface area (Å²) in [5, 5.41) is 0. The molecule has 0 aliphatic heterocycles. The molecule has 0 saturated carbocycles. The summed E-state index contributed by atoms with van der Waals surface area (Å²) in [6, 6.07) is 5.92. The lowest BCUT2D eigenvalue weighted by Gasteiger charge is -2.12. The van der Waals surface area contributed by atoms with E-state index in [4.69, 9.17) is 10.5 Å². The van der Waals surface area contributed by atoms with E-state index in [9.17, 15) is 0 Å². The van der Waals surface area contributed by atoms with Crippen LogP contribution in [0.1, 0.15) is 12.2 Å². The third-order valence-corrected chi connectivity index (χ3v) is 3.15. The molecule has 2 N–H and O–H groups in total. The lowest BCUT2D eigenvalue weighted by molar-refractivity contribution is 0.174. The summed E-state index contributed by atoms with van der Waals surface area (Å²) in [4.78, 5) is 6.78. The second kappa shape index (κ2) is 6.04. The summed E-state index contributed by atoms with van der Waals surface area (Å²) < 4.78 is 7.44. The summed E-state index contributed by atoms with van der Waals surface area (Å²) in [6.07, 6.45) is 1.07. The zero-order valence-electron chi connectivity index (χ0n) is 11.9. The Morgan fingerprint density at radius 2 is 2.16 bits per heavy atom. The van der Waals surface area contributed by atoms with Crippen LogP contribution in [0.4, 0.5) is 5.69 Å². The maximum atomic E-state index is 5.99. The SMILES string of the molecule is COCc1nc2c(N)cccc2n1CCCN(C)C. The van der Waals surface area contributed by atoms with Crippen LogP contribution in [0.5, 0.6) is 0 Å². The number of hydrogen-bond acceptors (Lipinski definition) is 4. The molecule has 0 radical (unpaired) electrons. The molecule has 2 aromatic rings. The maximum Gasteiger partial charge on any atom is 0.136 e. The Kier molecular flexibility index (Phi) is 4.39. The van der Waals surface area contributed by atoms with Crippen LogP contribution in [0.3, 0.4) is 0 Å². The third-order valence-electron chi connectivity index (χ3n) is 3.15. The minimum Gasteiger partial charge on any atom is -0.397 e. The van der Waals surface area contributed by atoms with Crippen molar-refractivity contribution in [2.75, 3.05) is 33.5 Å². The van der Waals surface area contributed by atoms with Crippen LogP contribution in [-0.2, 0) is 17.9 Å². The molecule has 2 rings (SSSR count). The largest absolute Gasteiger partial charge is 0.397 e. The molecule has 0 atom stereocenters. The third kappa shape index (κ3) is 3.05. The Labute approximate surface area is 114 Å². The molecule has 1 aromatic carbocycles. The quantitative estimate of drug-likeness (QED) is 0.805.